The van der Waals surface area contributed by atoms with Crippen LogP contribution in [0.25, 0.3) is 0 Å². The molecule has 140 valence electrons. The van der Waals surface area contributed by atoms with Crippen LogP contribution in [0.4, 0.5) is 26.3 Å². The third kappa shape index (κ3) is 3.11. The number of aliphatic carboxylic acids is 1. The van der Waals surface area contributed by atoms with Crippen LogP contribution in [0.1, 0.15) is 33.1 Å². The maximum absolute atomic E-state index is 13.1. The summed E-state index contributed by atoms with van der Waals surface area (Å²) < 4.78 is 83.1. The highest BCUT2D eigenvalue weighted by Gasteiger charge is 2.73. The van der Waals surface area contributed by atoms with Crippen LogP contribution < -0.4 is 0 Å². The lowest BCUT2D eigenvalue weighted by atomic mass is 9.76. The molecule has 0 amide bonds. The molecular weight excluding hydrogens is 342 g/mol. The Balaban J connectivity index is 2.19. The van der Waals surface area contributed by atoms with Gasteiger partial charge in [-0.25, -0.2) is 0 Å². The average molecular weight is 362 g/mol. The zero-order valence-electron chi connectivity index (χ0n) is 13.2. The highest BCUT2D eigenvalue weighted by atomic mass is 19.4. The molecular formula is C15H20F6O3. The largest absolute Gasteiger partial charge is 0.481 e. The Kier molecular flexibility index (Phi) is 4.89. The fourth-order valence-electron chi connectivity index (χ4n) is 4.32. The molecule has 2 aliphatic carbocycles. The molecule has 5 atom stereocenters. The molecule has 5 unspecified atom stereocenters. The molecule has 0 aliphatic heterocycles. The first-order valence-corrected chi connectivity index (χ1v) is 7.79. The van der Waals surface area contributed by atoms with Gasteiger partial charge in [-0.1, -0.05) is 13.8 Å². The minimum atomic E-state index is -5.86. The minimum absolute atomic E-state index is 0.0222. The number of ether oxygens (including phenoxy) is 1. The van der Waals surface area contributed by atoms with Crippen LogP contribution in [-0.2, 0) is 9.53 Å². The third-order valence-electron chi connectivity index (χ3n) is 5.89. The van der Waals surface area contributed by atoms with Gasteiger partial charge in [0.1, 0.15) is 0 Å². The van der Waals surface area contributed by atoms with Crippen LogP contribution in [0.5, 0.6) is 0 Å². The van der Waals surface area contributed by atoms with E-state index in [1.807, 2.05) is 13.8 Å². The summed E-state index contributed by atoms with van der Waals surface area (Å²) in [6.45, 7) is 3.25. The van der Waals surface area contributed by atoms with Crippen LogP contribution in [0, 0.1) is 29.6 Å². The second kappa shape index (κ2) is 6.07. The second-order valence-corrected chi connectivity index (χ2v) is 7.08. The summed E-state index contributed by atoms with van der Waals surface area (Å²) in [4.78, 5) is 10.6. The van der Waals surface area contributed by atoms with Crippen LogP contribution in [0.2, 0.25) is 0 Å². The van der Waals surface area contributed by atoms with E-state index in [-0.39, 0.29) is 17.8 Å². The molecule has 2 aliphatic rings. The Morgan fingerprint density at radius 1 is 1.04 bits per heavy atom. The molecule has 0 aromatic heterocycles. The smallest absolute Gasteiger partial charge is 0.427 e. The summed E-state index contributed by atoms with van der Waals surface area (Å²) in [6.07, 6.45) is -12.6. The van der Waals surface area contributed by atoms with E-state index in [1.165, 1.54) is 0 Å². The molecule has 0 aromatic rings. The molecule has 3 nitrogen and oxygen atoms in total. The molecule has 0 spiro atoms. The Morgan fingerprint density at radius 2 is 1.58 bits per heavy atom. The van der Waals surface area contributed by atoms with E-state index in [1.54, 1.807) is 0 Å². The van der Waals surface area contributed by atoms with Gasteiger partial charge in [-0.05, 0) is 42.4 Å². The number of halogens is 6. The number of fused-ring (bicyclic) bond motifs is 2. The predicted molar refractivity (Wildman–Crippen MR) is 71.1 cm³/mol. The van der Waals surface area contributed by atoms with Crippen LogP contribution in [-0.4, -0.2) is 35.6 Å². The molecule has 0 radical (unpaired) electrons. The first kappa shape index (κ1) is 19.3. The number of carboxylic acids is 1. The molecule has 0 saturated heterocycles. The normalized spacial score (nSPS) is 33.9. The van der Waals surface area contributed by atoms with Crippen molar-refractivity contribution in [1.82, 2.24) is 0 Å². The second-order valence-electron chi connectivity index (χ2n) is 7.08. The summed E-state index contributed by atoms with van der Waals surface area (Å²) in [5.74, 6) is -1.71. The Hall–Kier alpha value is -0.990. The van der Waals surface area contributed by atoms with Gasteiger partial charge in [0.2, 0.25) is 0 Å². The molecule has 2 rings (SSSR count). The highest BCUT2D eigenvalue weighted by Crippen LogP contribution is 2.56. The summed E-state index contributed by atoms with van der Waals surface area (Å²) >= 11 is 0. The monoisotopic (exact) mass is 362 g/mol. The number of rotatable bonds is 5. The molecule has 2 bridgehead atoms. The van der Waals surface area contributed by atoms with E-state index in [0.717, 1.165) is 6.42 Å². The van der Waals surface area contributed by atoms with Crippen molar-refractivity contribution in [3.8, 4) is 0 Å². The van der Waals surface area contributed by atoms with Gasteiger partial charge in [0.15, 0.2) is 0 Å². The van der Waals surface area contributed by atoms with E-state index in [2.05, 4.69) is 4.74 Å². The lowest BCUT2D eigenvalue weighted by Crippen LogP contribution is -2.60. The third-order valence-corrected chi connectivity index (χ3v) is 5.89. The zero-order chi connectivity index (χ0) is 18.5. The topological polar surface area (TPSA) is 46.5 Å². The van der Waals surface area contributed by atoms with Crippen molar-refractivity contribution in [3.63, 3.8) is 0 Å². The number of alkyl halides is 6. The van der Waals surface area contributed by atoms with Gasteiger partial charge < -0.3 is 9.84 Å². The quantitative estimate of drug-likeness (QED) is 0.743. The maximum Gasteiger partial charge on any atom is 0.427 e. The fourth-order valence-corrected chi connectivity index (χ4v) is 4.32. The number of hydrogen-bond donors (Lipinski definition) is 1. The van der Waals surface area contributed by atoms with Crippen molar-refractivity contribution in [2.24, 2.45) is 29.6 Å². The predicted octanol–water partition coefficient (Wildman–Crippen LogP) is 4.27. The number of hydrogen-bond acceptors (Lipinski definition) is 2. The zero-order valence-corrected chi connectivity index (χ0v) is 13.2. The van der Waals surface area contributed by atoms with Crippen molar-refractivity contribution in [2.45, 2.75) is 51.1 Å². The Labute approximate surface area is 135 Å². The first-order chi connectivity index (χ1) is 10.8. The van der Waals surface area contributed by atoms with Gasteiger partial charge in [-0.15, -0.1) is 0 Å². The molecule has 24 heavy (non-hydrogen) atoms. The summed E-state index contributed by atoms with van der Waals surface area (Å²) in [5.41, 5.74) is -4.66. The van der Waals surface area contributed by atoms with E-state index < -0.39 is 42.9 Å². The van der Waals surface area contributed by atoms with Crippen molar-refractivity contribution in [3.05, 3.63) is 0 Å². The van der Waals surface area contributed by atoms with E-state index in [0.29, 0.717) is 12.3 Å². The molecule has 9 heteroatoms. The molecule has 0 aromatic carbocycles. The fraction of sp³-hybridized carbons (Fsp3) is 0.933. The molecule has 2 saturated carbocycles. The number of carbonyl (C=O) groups is 1. The summed E-state index contributed by atoms with van der Waals surface area (Å²) in [7, 11) is 0. The van der Waals surface area contributed by atoms with Crippen LogP contribution in [0.15, 0.2) is 0 Å². The molecule has 1 N–H and O–H groups in total. The SMILES string of the molecule is CC1C2CC(COC(CC(=O)O)(C(F)(F)F)C(F)(F)F)C(C2)C1C. The average Bonchev–Trinajstić information content (AvgIpc) is 2.92. The summed E-state index contributed by atoms with van der Waals surface area (Å²) in [5, 5.41) is 8.57. The van der Waals surface area contributed by atoms with Gasteiger partial charge in [-0.2, -0.15) is 26.3 Å². The highest BCUT2D eigenvalue weighted by molar-refractivity contribution is 5.68. The molecule has 2 fully saturated rings. The van der Waals surface area contributed by atoms with Gasteiger partial charge in [0.25, 0.3) is 5.60 Å². The van der Waals surface area contributed by atoms with Crippen molar-refractivity contribution < 1.29 is 41.0 Å². The van der Waals surface area contributed by atoms with Crippen LogP contribution in [0.3, 0.4) is 0 Å². The standard InChI is InChI=1S/C15H20F6O3/c1-7-8(2)11-4-9(7)3-10(11)6-24-13(5-12(22)23,14(16,17)18)15(19,20)21/h7-11H,3-6H2,1-2H3,(H,22,23). The number of carboxylic acid groups (broad SMARTS) is 1. The van der Waals surface area contributed by atoms with Gasteiger partial charge in [0, 0.05) is 0 Å². The minimum Gasteiger partial charge on any atom is -0.481 e. The Morgan fingerprint density at radius 3 is 1.96 bits per heavy atom. The first-order valence-electron chi connectivity index (χ1n) is 7.79. The van der Waals surface area contributed by atoms with E-state index >= 15 is 0 Å². The van der Waals surface area contributed by atoms with Crippen molar-refractivity contribution in [1.29, 1.82) is 0 Å². The van der Waals surface area contributed by atoms with Gasteiger partial charge in [-0.3, -0.25) is 4.79 Å². The molecule has 0 heterocycles. The summed E-state index contributed by atoms with van der Waals surface area (Å²) in [6, 6.07) is 0. The lowest BCUT2D eigenvalue weighted by Gasteiger charge is -2.38. The van der Waals surface area contributed by atoms with E-state index in [9.17, 15) is 31.1 Å². The van der Waals surface area contributed by atoms with Crippen LogP contribution >= 0.6 is 0 Å². The van der Waals surface area contributed by atoms with Crippen molar-refractivity contribution in [2.75, 3.05) is 6.61 Å². The van der Waals surface area contributed by atoms with E-state index in [4.69, 9.17) is 5.11 Å². The lowest BCUT2D eigenvalue weighted by molar-refractivity contribution is -0.383. The maximum atomic E-state index is 13.1. The van der Waals surface area contributed by atoms with Crippen molar-refractivity contribution >= 4 is 5.97 Å². The Bertz CT molecular complexity index is 471. The van der Waals surface area contributed by atoms with Gasteiger partial charge in [0.05, 0.1) is 13.0 Å². The van der Waals surface area contributed by atoms with Gasteiger partial charge >= 0.3 is 18.3 Å².